The molecule has 5 rings (SSSR count). The van der Waals surface area contributed by atoms with Gasteiger partial charge in [-0.3, -0.25) is 14.7 Å². The topological polar surface area (TPSA) is 82.4 Å². The van der Waals surface area contributed by atoms with Crippen LogP contribution in [-0.2, 0) is 29.7 Å². The summed E-state index contributed by atoms with van der Waals surface area (Å²) in [5, 5.41) is 8.65. The van der Waals surface area contributed by atoms with Crippen LogP contribution in [0.5, 0.6) is 5.75 Å². The summed E-state index contributed by atoms with van der Waals surface area (Å²) in [6, 6.07) is 12.8. The molecule has 0 amide bonds. The van der Waals surface area contributed by atoms with Crippen molar-refractivity contribution in [2.24, 2.45) is 12.5 Å². The quantitative estimate of drug-likeness (QED) is 0.286. The standard InChI is InChI=1S/C32H39N5O3/c1-8-25-19-37(17-23-13-14-33-16-28(23)40-25)18-24-15-22(10-9-20(24)2)29(32(4,5)31(38)39-7)26-11-12-27-30(21(26)3)34-35-36(27)6/h9-16,25,29H,8,17-19H2,1-7H3/t25-,29+/m1/s1. The average Bonchev–Trinajstić information content (AvgIpc) is 3.22. The van der Waals surface area contributed by atoms with E-state index in [0.717, 1.165) is 65.1 Å². The highest BCUT2D eigenvalue weighted by atomic mass is 16.5. The molecule has 0 radical (unpaired) electrons. The highest BCUT2D eigenvalue weighted by molar-refractivity contribution is 5.82. The molecule has 210 valence electrons. The smallest absolute Gasteiger partial charge is 0.312 e. The summed E-state index contributed by atoms with van der Waals surface area (Å²) in [7, 11) is 3.35. The summed E-state index contributed by atoms with van der Waals surface area (Å²) < 4.78 is 13.4. The van der Waals surface area contributed by atoms with Gasteiger partial charge in [-0.05, 0) is 74.1 Å². The van der Waals surface area contributed by atoms with Gasteiger partial charge in [-0.2, -0.15) is 0 Å². The monoisotopic (exact) mass is 541 g/mol. The summed E-state index contributed by atoms with van der Waals surface area (Å²) in [4.78, 5) is 19.9. The van der Waals surface area contributed by atoms with Crippen molar-refractivity contribution in [3.63, 3.8) is 0 Å². The molecule has 1 aliphatic rings. The number of hydrogen-bond acceptors (Lipinski definition) is 7. The zero-order valence-corrected chi connectivity index (χ0v) is 24.6. The van der Waals surface area contributed by atoms with Gasteiger partial charge >= 0.3 is 5.97 Å². The Balaban J connectivity index is 1.57. The number of benzene rings is 2. The van der Waals surface area contributed by atoms with E-state index in [-0.39, 0.29) is 18.0 Å². The molecule has 0 fully saturated rings. The van der Waals surface area contributed by atoms with Crippen LogP contribution in [0.2, 0.25) is 0 Å². The molecule has 8 nitrogen and oxygen atoms in total. The molecular formula is C32H39N5O3. The molecule has 3 heterocycles. The molecule has 0 N–H and O–H groups in total. The Bertz CT molecular complexity index is 1540. The Morgan fingerprint density at radius 3 is 2.75 bits per heavy atom. The normalized spacial score (nSPS) is 16.7. The van der Waals surface area contributed by atoms with E-state index < -0.39 is 5.41 Å². The first kappa shape index (κ1) is 27.8. The van der Waals surface area contributed by atoms with Crippen molar-refractivity contribution in [2.45, 2.75) is 66.2 Å². The van der Waals surface area contributed by atoms with Crippen molar-refractivity contribution in [3.05, 3.63) is 82.2 Å². The molecule has 2 aromatic heterocycles. The third kappa shape index (κ3) is 5.08. The van der Waals surface area contributed by atoms with Gasteiger partial charge in [-0.1, -0.05) is 36.4 Å². The van der Waals surface area contributed by atoms with Crippen molar-refractivity contribution in [1.29, 1.82) is 0 Å². The number of carbonyl (C=O) groups is 1. The molecule has 2 atom stereocenters. The Morgan fingerprint density at radius 1 is 1.20 bits per heavy atom. The van der Waals surface area contributed by atoms with Crippen molar-refractivity contribution in [1.82, 2.24) is 24.9 Å². The maximum Gasteiger partial charge on any atom is 0.312 e. The number of carbonyl (C=O) groups excluding carboxylic acids is 1. The molecule has 0 spiro atoms. The summed E-state index contributed by atoms with van der Waals surface area (Å²) in [6.07, 6.45) is 4.67. The molecule has 0 saturated heterocycles. The minimum atomic E-state index is -0.822. The molecule has 2 aromatic carbocycles. The predicted octanol–water partition coefficient (Wildman–Crippen LogP) is 5.48. The molecule has 0 aliphatic carbocycles. The van der Waals surface area contributed by atoms with Gasteiger partial charge in [0.1, 0.15) is 17.4 Å². The average molecular weight is 542 g/mol. The first-order valence-electron chi connectivity index (χ1n) is 13.9. The Morgan fingerprint density at radius 2 is 2.00 bits per heavy atom. The van der Waals surface area contributed by atoms with Gasteiger partial charge in [0.05, 0.1) is 24.2 Å². The van der Waals surface area contributed by atoms with Crippen LogP contribution in [0.15, 0.2) is 48.8 Å². The zero-order valence-electron chi connectivity index (χ0n) is 24.6. The Kier molecular flexibility index (Phi) is 7.64. The SMILES string of the molecule is CC[C@@H]1CN(Cc2cc([C@@H](c3ccc4c(nnn4C)c3C)C(C)(C)C(=O)OC)ccc2C)Cc2ccncc2O1. The number of fused-ring (bicyclic) bond motifs is 2. The molecule has 4 aromatic rings. The van der Waals surface area contributed by atoms with E-state index in [2.05, 4.69) is 65.2 Å². The highest BCUT2D eigenvalue weighted by Crippen LogP contribution is 2.44. The lowest BCUT2D eigenvalue weighted by atomic mass is 9.69. The second-order valence-corrected chi connectivity index (χ2v) is 11.5. The third-order valence-corrected chi connectivity index (χ3v) is 8.40. The van der Waals surface area contributed by atoms with Gasteiger partial charge < -0.3 is 9.47 Å². The van der Waals surface area contributed by atoms with E-state index >= 15 is 0 Å². The summed E-state index contributed by atoms with van der Waals surface area (Å²) in [5.41, 5.74) is 7.73. The van der Waals surface area contributed by atoms with Crippen LogP contribution in [0.25, 0.3) is 11.0 Å². The van der Waals surface area contributed by atoms with E-state index in [4.69, 9.17) is 9.47 Å². The number of nitrogens with zero attached hydrogens (tertiary/aromatic N) is 5. The zero-order chi connectivity index (χ0) is 28.6. The lowest BCUT2D eigenvalue weighted by molar-refractivity contribution is -0.151. The van der Waals surface area contributed by atoms with Gasteiger partial charge in [-0.15, -0.1) is 5.10 Å². The van der Waals surface area contributed by atoms with E-state index in [0.29, 0.717) is 0 Å². The van der Waals surface area contributed by atoms with Gasteiger partial charge in [-0.25, -0.2) is 4.68 Å². The minimum Gasteiger partial charge on any atom is -0.487 e. The van der Waals surface area contributed by atoms with E-state index in [1.165, 1.54) is 18.2 Å². The van der Waals surface area contributed by atoms with Gasteiger partial charge in [0.2, 0.25) is 0 Å². The second-order valence-electron chi connectivity index (χ2n) is 11.5. The van der Waals surface area contributed by atoms with Crippen molar-refractivity contribution in [2.75, 3.05) is 13.7 Å². The van der Waals surface area contributed by atoms with Crippen LogP contribution in [0.3, 0.4) is 0 Å². The van der Waals surface area contributed by atoms with Crippen molar-refractivity contribution < 1.29 is 14.3 Å². The van der Waals surface area contributed by atoms with Crippen LogP contribution in [0.4, 0.5) is 0 Å². The van der Waals surface area contributed by atoms with Crippen LogP contribution < -0.4 is 4.74 Å². The molecular weight excluding hydrogens is 502 g/mol. The molecule has 0 bridgehead atoms. The highest BCUT2D eigenvalue weighted by Gasteiger charge is 2.41. The molecule has 1 aliphatic heterocycles. The van der Waals surface area contributed by atoms with Gasteiger partial charge in [0, 0.05) is 44.4 Å². The first-order valence-corrected chi connectivity index (χ1v) is 13.9. The minimum absolute atomic E-state index is 0.0984. The van der Waals surface area contributed by atoms with E-state index in [1.54, 1.807) is 4.68 Å². The number of aromatic nitrogens is 4. The van der Waals surface area contributed by atoms with Crippen LogP contribution in [-0.4, -0.2) is 50.6 Å². The Hall–Kier alpha value is -3.78. The number of esters is 1. The summed E-state index contributed by atoms with van der Waals surface area (Å²) in [6.45, 7) is 12.7. The molecule has 8 heteroatoms. The summed E-state index contributed by atoms with van der Waals surface area (Å²) in [5.74, 6) is 0.379. The first-order chi connectivity index (χ1) is 19.1. The van der Waals surface area contributed by atoms with E-state index in [1.807, 2.05) is 45.4 Å². The number of rotatable bonds is 7. The van der Waals surface area contributed by atoms with Crippen LogP contribution in [0, 0.1) is 19.3 Å². The second kappa shape index (κ2) is 11.0. The van der Waals surface area contributed by atoms with E-state index in [9.17, 15) is 4.79 Å². The number of methoxy groups -OCH3 is 1. The fraction of sp³-hybridized carbons (Fsp3) is 0.438. The maximum atomic E-state index is 13.2. The van der Waals surface area contributed by atoms with Crippen LogP contribution in [0.1, 0.15) is 66.5 Å². The number of aryl methyl sites for hydroxylation is 3. The fourth-order valence-corrected chi connectivity index (χ4v) is 6.00. The Labute approximate surface area is 236 Å². The largest absolute Gasteiger partial charge is 0.487 e. The van der Waals surface area contributed by atoms with Gasteiger partial charge in [0.15, 0.2) is 0 Å². The number of hydrogen-bond donors (Lipinski definition) is 0. The predicted molar refractivity (Wildman–Crippen MR) is 155 cm³/mol. The molecule has 0 saturated carbocycles. The van der Waals surface area contributed by atoms with Crippen molar-refractivity contribution >= 4 is 17.0 Å². The lowest BCUT2D eigenvalue weighted by Crippen LogP contribution is -2.34. The summed E-state index contributed by atoms with van der Waals surface area (Å²) >= 11 is 0. The number of ether oxygens (including phenoxy) is 2. The number of pyridine rings is 1. The van der Waals surface area contributed by atoms with Crippen molar-refractivity contribution in [3.8, 4) is 5.75 Å². The lowest BCUT2D eigenvalue weighted by Gasteiger charge is -2.34. The third-order valence-electron chi connectivity index (χ3n) is 8.40. The maximum absolute atomic E-state index is 13.2. The fourth-order valence-electron chi connectivity index (χ4n) is 6.00. The molecule has 0 unspecified atom stereocenters. The van der Waals surface area contributed by atoms with Crippen LogP contribution >= 0.6 is 0 Å². The molecule has 40 heavy (non-hydrogen) atoms. The van der Waals surface area contributed by atoms with Gasteiger partial charge in [0.25, 0.3) is 0 Å².